The highest BCUT2D eigenvalue weighted by molar-refractivity contribution is 7.90. The number of fused-ring (bicyclic) bond motifs is 2. The molecule has 5 amide bonds. The van der Waals surface area contributed by atoms with Crippen molar-refractivity contribution in [3.63, 3.8) is 0 Å². The van der Waals surface area contributed by atoms with Gasteiger partial charge in [0.15, 0.2) is 12.2 Å². The monoisotopic (exact) mass is 360 g/mol. The molecule has 4 rings (SSSR count). The minimum absolute atomic E-state index is 0.0818. The van der Waals surface area contributed by atoms with Crippen molar-refractivity contribution in [3.8, 4) is 0 Å². The molecule has 0 radical (unpaired) electrons. The Hall–Kier alpha value is -3.14. The number of benzene rings is 2. The lowest BCUT2D eigenvalue weighted by molar-refractivity contribution is -0.123. The smallest absolute Gasteiger partial charge is 0.321 e. The van der Waals surface area contributed by atoms with Crippen LogP contribution in [0.2, 0.25) is 0 Å². The lowest BCUT2D eigenvalue weighted by atomic mass is 10.1. The SMILES string of the molecule is O=C1NC(=O)[C@@H]2NC(=O)N(S(=O)(=O)c3cccc4ccccc34)[C@@H]2N1. The molecule has 2 atom stereocenters. The first kappa shape index (κ1) is 15.4. The minimum atomic E-state index is -4.31. The number of nitrogens with one attached hydrogen (secondary N) is 3. The van der Waals surface area contributed by atoms with E-state index < -0.39 is 40.2 Å². The molecule has 2 heterocycles. The number of rotatable bonds is 2. The van der Waals surface area contributed by atoms with Gasteiger partial charge in [-0.25, -0.2) is 18.0 Å². The number of amides is 5. The molecule has 0 bridgehead atoms. The molecule has 2 aromatic rings. The van der Waals surface area contributed by atoms with Gasteiger partial charge < -0.3 is 10.6 Å². The summed E-state index contributed by atoms with van der Waals surface area (Å²) in [6, 6.07) is 8.49. The van der Waals surface area contributed by atoms with E-state index in [9.17, 15) is 22.8 Å². The Morgan fingerprint density at radius 1 is 0.920 bits per heavy atom. The van der Waals surface area contributed by atoms with Gasteiger partial charge in [0.05, 0.1) is 4.90 Å². The molecule has 2 aromatic carbocycles. The number of hydrogen-bond donors (Lipinski definition) is 3. The zero-order chi connectivity index (χ0) is 17.8. The Labute approximate surface area is 142 Å². The average Bonchev–Trinajstić information content (AvgIpc) is 2.91. The van der Waals surface area contributed by atoms with Crippen LogP contribution in [0.25, 0.3) is 10.8 Å². The average molecular weight is 360 g/mol. The Balaban J connectivity index is 1.86. The number of carbonyl (C=O) groups excluding carboxylic acids is 3. The van der Waals surface area contributed by atoms with Crippen molar-refractivity contribution in [1.29, 1.82) is 0 Å². The third-order valence-corrected chi connectivity index (χ3v) is 5.95. The van der Waals surface area contributed by atoms with E-state index in [1.54, 1.807) is 36.4 Å². The van der Waals surface area contributed by atoms with E-state index in [1.165, 1.54) is 6.07 Å². The second-order valence-corrected chi connectivity index (χ2v) is 7.40. The number of carbonyl (C=O) groups is 3. The molecule has 0 spiro atoms. The molecule has 2 aliphatic heterocycles. The summed E-state index contributed by atoms with van der Waals surface area (Å²) < 4.78 is 26.7. The molecule has 0 aliphatic carbocycles. The first-order valence-corrected chi connectivity index (χ1v) is 8.77. The summed E-state index contributed by atoms with van der Waals surface area (Å²) in [6.45, 7) is 0. The standard InChI is InChI=1S/C15H12N4O5S/c20-13-11-12(17-14(21)18-13)19(15(22)16-11)25(23,24)10-7-3-5-8-4-1-2-6-9(8)10/h1-7,11-12H,(H,16,22)(H2,17,18,20,21)/t11-,12+/m1/s1. The van der Waals surface area contributed by atoms with Crippen LogP contribution >= 0.6 is 0 Å². The van der Waals surface area contributed by atoms with Gasteiger partial charge in [-0.3, -0.25) is 10.1 Å². The van der Waals surface area contributed by atoms with Gasteiger partial charge in [0, 0.05) is 5.39 Å². The van der Waals surface area contributed by atoms with Crippen LogP contribution in [-0.2, 0) is 14.8 Å². The predicted molar refractivity (Wildman–Crippen MR) is 85.8 cm³/mol. The van der Waals surface area contributed by atoms with Crippen LogP contribution in [0.3, 0.4) is 0 Å². The lowest BCUT2D eigenvalue weighted by Crippen LogP contribution is -2.65. The minimum Gasteiger partial charge on any atom is -0.321 e. The van der Waals surface area contributed by atoms with Crippen LogP contribution in [0, 0.1) is 0 Å². The molecule has 0 aromatic heterocycles. The maximum atomic E-state index is 13.1. The molecule has 2 saturated heterocycles. The molecule has 10 heteroatoms. The summed E-state index contributed by atoms with van der Waals surface area (Å²) >= 11 is 0. The summed E-state index contributed by atoms with van der Waals surface area (Å²) in [6.07, 6.45) is -1.32. The zero-order valence-corrected chi connectivity index (χ0v) is 13.4. The van der Waals surface area contributed by atoms with E-state index in [-0.39, 0.29) is 4.90 Å². The van der Waals surface area contributed by atoms with Crippen LogP contribution in [0.15, 0.2) is 47.4 Å². The van der Waals surface area contributed by atoms with Gasteiger partial charge in [0.1, 0.15) is 0 Å². The van der Waals surface area contributed by atoms with Crippen molar-refractivity contribution in [2.24, 2.45) is 0 Å². The van der Waals surface area contributed by atoms with Crippen molar-refractivity contribution in [1.82, 2.24) is 20.3 Å². The zero-order valence-electron chi connectivity index (χ0n) is 12.6. The third kappa shape index (κ3) is 2.22. The van der Waals surface area contributed by atoms with Crippen LogP contribution in [0.1, 0.15) is 0 Å². The summed E-state index contributed by atoms with van der Waals surface area (Å²) in [4.78, 5) is 35.6. The van der Waals surface area contributed by atoms with Crippen LogP contribution < -0.4 is 16.0 Å². The van der Waals surface area contributed by atoms with Crippen LogP contribution in [-0.4, -0.2) is 42.9 Å². The normalized spacial score (nSPS) is 23.0. The second kappa shape index (κ2) is 5.18. The maximum Gasteiger partial charge on any atom is 0.334 e. The van der Waals surface area contributed by atoms with Crippen molar-refractivity contribution >= 4 is 38.8 Å². The summed E-state index contributed by atoms with van der Waals surface area (Å²) in [5, 5.41) is 7.70. The van der Waals surface area contributed by atoms with Gasteiger partial charge in [0.25, 0.3) is 15.9 Å². The van der Waals surface area contributed by atoms with Gasteiger partial charge in [0.2, 0.25) is 0 Å². The molecular formula is C15H12N4O5S. The van der Waals surface area contributed by atoms with Crippen molar-refractivity contribution in [2.75, 3.05) is 0 Å². The molecule has 9 nitrogen and oxygen atoms in total. The highest BCUT2D eigenvalue weighted by Gasteiger charge is 2.53. The first-order valence-electron chi connectivity index (χ1n) is 7.33. The summed E-state index contributed by atoms with van der Waals surface area (Å²) in [7, 11) is -4.31. The van der Waals surface area contributed by atoms with E-state index in [4.69, 9.17) is 0 Å². The number of nitrogens with zero attached hydrogens (tertiary/aromatic N) is 1. The maximum absolute atomic E-state index is 13.1. The Bertz CT molecular complexity index is 1030. The molecule has 0 saturated carbocycles. The third-order valence-electron chi connectivity index (χ3n) is 4.13. The fraction of sp³-hybridized carbons (Fsp3) is 0.133. The molecule has 2 fully saturated rings. The van der Waals surface area contributed by atoms with E-state index in [0.29, 0.717) is 15.1 Å². The highest BCUT2D eigenvalue weighted by Crippen LogP contribution is 2.29. The molecule has 25 heavy (non-hydrogen) atoms. The highest BCUT2D eigenvalue weighted by atomic mass is 32.2. The van der Waals surface area contributed by atoms with Crippen molar-refractivity contribution in [2.45, 2.75) is 17.1 Å². The van der Waals surface area contributed by atoms with E-state index in [2.05, 4.69) is 10.6 Å². The quantitative estimate of drug-likeness (QED) is 0.700. The first-order chi connectivity index (χ1) is 11.9. The predicted octanol–water partition coefficient (Wildman–Crippen LogP) is 0.0878. The Morgan fingerprint density at radius 2 is 1.64 bits per heavy atom. The van der Waals surface area contributed by atoms with Crippen LogP contribution in [0.5, 0.6) is 0 Å². The molecule has 128 valence electrons. The van der Waals surface area contributed by atoms with Gasteiger partial charge in [-0.05, 0) is 11.5 Å². The van der Waals surface area contributed by atoms with E-state index in [1.807, 2.05) is 5.32 Å². The van der Waals surface area contributed by atoms with Gasteiger partial charge >= 0.3 is 12.1 Å². The summed E-state index contributed by atoms with van der Waals surface area (Å²) in [5.41, 5.74) is 0. The van der Waals surface area contributed by atoms with Gasteiger partial charge in [-0.2, -0.15) is 4.31 Å². The van der Waals surface area contributed by atoms with Gasteiger partial charge in [-0.15, -0.1) is 0 Å². The van der Waals surface area contributed by atoms with Crippen molar-refractivity contribution < 1.29 is 22.8 Å². The molecule has 3 N–H and O–H groups in total. The summed E-state index contributed by atoms with van der Waals surface area (Å²) in [5.74, 6) is -0.766. The second-order valence-electron chi connectivity index (χ2n) is 5.61. The largest absolute Gasteiger partial charge is 0.334 e. The molecule has 2 aliphatic rings. The number of urea groups is 2. The van der Waals surface area contributed by atoms with Crippen LogP contribution in [0.4, 0.5) is 9.59 Å². The fourth-order valence-electron chi connectivity index (χ4n) is 3.03. The molecule has 0 unspecified atom stereocenters. The lowest BCUT2D eigenvalue weighted by Gasteiger charge is -2.29. The van der Waals surface area contributed by atoms with Crippen molar-refractivity contribution in [3.05, 3.63) is 42.5 Å². The fourth-order valence-corrected chi connectivity index (χ4v) is 4.70. The topological polar surface area (TPSA) is 125 Å². The Morgan fingerprint density at radius 3 is 2.44 bits per heavy atom. The Kier molecular flexibility index (Phi) is 3.19. The number of imide groups is 1. The number of sulfonamides is 1. The molecular weight excluding hydrogens is 348 g/mol. The van der Waals surface area contributed by atoms with E-state index >= 15 is 0 Å². The van der Waals surface area contributed by atoms with E-state index in [0.717, 1.165) is 0 Å². The number of hydrogen-bond acceptors (Lipinski definition) is 5. The van der Waals surface area contributed by atoms with Gasteiger partial charge in [-0.1, -0.05) is 36.4 Å².